The molecular weight excluding hydrogens is 352 g/mol. The summed E-state index contributed by atoms with van der Waals surface area (Å²) in [4.78, 5) is 23.9. The number of carbonyl (C=O) groups excluding carboxylic acids is 2. The number of benzene rings is 2. The van der Waals surface area contributed by atoms with E-state index in [4.69, 9.17) is 0 Å². The summed E-state index contributed by atoms with van der Waals surface area (Å²) in [7, 11) is -3.82. The van der Waals surface area contributed by atoms with Gasteiger partial charge in [0.05, 0.1) is 5.69 Å². The summed E-state index contributed by atoms with van der Waals surface area (Å²) in [5.74, 6) is -0.666. The molecule has 1 fully saturated rings. The molecule has 1 unspecified atom stereocenters. The van der Waals surface area contributed by atoms with Crippen molar-refractivity contribution in [2.75, 3.05) is 10.8 Å². The third-order valence-corrected chi connectivity index (χ3v) is 5.79. The lowest BCUT2D eigenvalue weighted by Gasteiger charge is -2.18. The van der Waals surface area contributed by atoms with Crippen LogP contribution in [0.4, 0.5) is 5.69 Å². The molecule has 0 radical (unpaired) electrons. The predicted octanol–water partition coefficient (Wildman–Crippen LogP) is 2.24. The molecule has 136 valence electrons. The summed E-state index contributed by atoms with van der Waals surface area (Å²) < 4.78 is 27.0. The van der Waals surface area contributed by atoms with E-state index >= 15 is 0 Å². The van der Waals surface area contributed by atoms with E-state index in [0.29, 0.717) is 17.7 Å². The third-order valence-electron chi connectivity index (χ3n) is 4.40. The highest BCUT2D eigenvalue weighted by Gasteiger charge is 2.34. The highest BCUT2D eigenvalue weighted by molar-refractivity contribution is 7.92. The summed E-state index contributed by atoms with van der Waals surface area (Å²) in [6.07, 6.45) is 0.554. The van der Waals surface area contributed by atoms with Gasteiger partial charge in [0.15, 0.2) is 5.78 Å². The van der Waals surface area contributed by atoms with E-state index in [-0.39, 0.29) is 18.2 Å². The molecule has 1 aliphatic rings. The van der Waals surface area contributed by atoms with Gasteiger partial charge in [0.25, 0.3) is 5.91 Å². The predicted molar refractivity (Wildman–Crippen MR) is 99.2 cm³/mol. The Balaban J connectivity index is 1.78. The van der Waals surface area contributed by atoms with Crippen LogP contribution in [-0.2, 0) is 21.4 Å². The molecule has 0 aromatic heterocycles. The SMILES string of the molecule is Cc1cc(CC(C)C(=O)c2ccccc2)ccc1N1CC(=O)NS1(=O)=O. The van der Waals surface area contributed by atoms with Crippen LogP contribution in [0.15, 0.2) is 48.5 Å². The summed E-state index contributed by atoms with van der Waals surface area (Å²) in [5, 5.41) is 0. The number of nitrogens with one attached hydrogen (secondary N) is 1. The number of nitrogens with zero attached hydrogens (tertiary/aromatic N) is 1. The topological polar surface area (TPSA) is 83.6 Å². The largest absolute Gasteiger partial charge is 0.326 e. The van der Waals surface area contributed by atoms with Gasteiger partial charge in [-0.2, -0.15) is 8.42 Å². The number of hydrogen-bond acceptors (Lipinski definition) is 4. The molecule has 26 heavy (non-hydrogen) atoms. The van der Waals surface area contributed by atoms with Crippen molar-refractivity contribution in [3.63, 3.8) is 0 Å². The molecule has 1 amide bonds. The maximum Gasteiger partial charge on any atom is 0.326 e. The van der Waals surface area contributed by atoms with E-state index in [2.05, 4.69) is 0 Å². The number of rotatable bonds is 5. The summed E-state index contributed by atoms with van der Waals surface area (Å²) in [5.41, 5.74) is 2.83. The van der Waals surface area contributed by atoms with E-state index < -0.39 is 16.1 Å². The minimum Gasteiger partial charge on any atom is -0.294 e. The molecule has 0 spiro atoms. The van der Waals surface area contributed by atoms with E-state index in [1.807, 2.05) is 35.9 Å². The number of carbonyl (C=O) groups is 2. The van der Waals surface area contributed by atoms with Crippen molar-refractivity contribution in [1.29, 1.82) is 0 Å². The molecule has 1 atom stereocenters. The van der Waals surface area contributed by atoms with Gasteiger partial charge < -0.3 is 0 Å². The van der Waals surface area contributed by atoms with Crippen LogP contribution in [0.2, 0.25) is 0 Å². The van der Waals surface area contributed by atoms with Crippen molar-refractivity contribution in [3.05, 3.63) is 65.2 Å². The van der Waals surface area contributed by atoms with Gasteiger partial charge in [0, 0.05) is 11.5 Å². The maximum absolute atomic E-state index is 12.5. The Hall–Kier alpha value is -2.67. The minimum absolute atomic E-state index is 0.0734. The van der Waals surface area contributed by atoms with Gasteiger partial charge in [-0.15, -0.1) is 0 Å². The first-order valence-corrected chi connectivity index (χ1v) is 9.74. The Morgan fingerprint density at radius 2 is 1.88 bits per heavy atom. The second kappa shape index (κ2) is 6.92. The van der Waals surface area contributed by atoms with Gasteiger partial charge in [0.2, 0.25) is 0 Å². The van der Waals surface area contributed by atoms with Crippen molar-refractivity contribution in [3.8, 4) is 0 Å². The summed E-state index contributed by atoms with van der Waals surface area (Å²) in [6.45, 7) is 3.46. The first-order chi connectivity index (χ1) is 12.3. The fourth-order valence-electron chi connectivity index (χ4n) is 3.12. The number of Topliss-reactive ketones (excluding diaryl/α,β-unsaturated/α-hetero) is 1. The smallest absolute Gasteiger partial charge is 0.294 e. The Labute approximate surface area is 153 Å². The lowest BCUT2D eigenvalue weighted by Crippen LogP contribution is -2.30. The van der Waals surface area contributed by atoms with Crippen LogP contribution in [0.25, 0.3) is 0 Å². The van der Waals surface area contributed by atoms with Crippen molar-refractivity contribution in [2.24, 2.45) is 5.92 Å². The van der Waals surface area contributed by atoms with E-state index in [1.54, 1.807) is 31.2 Å². The lowest BCUT2D eigenvalue weighted by molar-refractivity contribution is -0.117. The molecule has 1 aliphatic heterocycles. The third kappa shape index (κ3) is 3.62. The molecule has 1 N–H and O–H groups in total. The first-order valence-electron chi connectivity index (χ1n) is 8.30. The average molecular weight is 372 g/mol. The zero-order chi connectivity index (χ0) is 18.9. The fourth-order valence-corrected chi connectivity index (χ4v) is 4.33. The van der Waals surface area contributed by atoms with Crippen molar-refractivity contribution >= 4 is 27.6 Å². The standard InChI is InChI=1S/C19H20N2O4S/c1-13-10-15(11-14(2)19(23)16-6-4-3-5-7-16)8-9-17(13)21-12-18(22)20-26(21,24)25/h3-10,14H,11-12H2,1-2H3,(H,20,22). The summed E-state index contributed by atoms with van der Waals surface area (Å²) in [6, 6.07) is 14.5. The Morgan fingerprint density at radius 1 is 1.19 bits per heavy atom. The second-order valence-electron chi connectivity index (χ2n) is 6.49. The molecule has 0 saturated carbocycles. The van der Waals surface area contributed by atoms with Gasteiger partial charge in [-0.25, -0.2) is 9.03 Å². The van der Waals surface area contributed by atoms with Gasteiger partial charge in [-0.05, 0) is 30.5 Å². The molecule has 0 aliphatic carbocycles. The molecule has 1 saturated heterocycles. The van der Waals surface area contributed by atoms with Gasteiger partial charge in [-0.3, -0.25) is 9.59 Å². The fraction of sp³-hybridized carbons (Fsp3) is 0.263. The number of anilines is 1. The van der Waals surface area contributed by atoms with Crippen LogP contribution in [0.3, 0.4) is 0 Å². The molecule has 2 aromatic rings. The number of ketones is 1. The molecule has 7 heteroatoms. The normalized spacial score (nSPS) is 17.0. The van der Waals surface area contributed by atoms with E-state index in [0.717, 1.165) is 15.4 Å². The van der Waals surface area contributed by atoms with Gasteiger partial charge >= 0.3 is 10.2 Å². The van der Waals surface area contributed by atoms with Crippen LogP contribution >= 0.6 is 0 Å². The van der Waals surface area contributed by atoms with Crippen molar-refractivity contribution in [2.45, 2.75) is 20.3 Å². The molecular formula is C19H20N2O4S. The second-order valence-corrected chi connectivity index (χ2v) is 8.09. The quantitative estimate of drug-likeness (QED) is 0.816. The van der Waals surface area contributed by atoms with Gasteiger partial charge in [0.1, 0.15) is 6.54 Å². The van der Waals surface area contributed by atoms with Crippen molar-refractivity contribution in [1.82, 2.24) is 4.72 Å². The van der Waals surface area contributed by atoms with Crippen LogP contribution in [0, 0.1) is 12.8 Å². The Kier molecular flexibility index (Phi) is 4.82. The van der Waals surface area contributed by atoms with Gasteiger partial charge in [-0.1, -0.05) is 49.4 Å². The number of amides is 1. The van der Waals surface area contributed by atoms with Crippen LogP contribution in [0.5, 0.6) is 0 Å². The van der Waals surface area contributed by atoms with Crippen molar-refractivity contribution < 1.29 is 18.0 Å². The molecule has 2 aromatic carbocycles. The Bertz CT molecular complexity index is 955. The zero-order valence-electron chi connectivity index (χ0n) is 14.6. The monoisotopic (exact) mass is 372 g/mol. The minimum atomic E-state index is -3.82. The first kappa shape index (κ1) is 18.1. The van der Waals surface area contributed by atoms with E-state index in [9.17, 15) is 18.0 Å². The highest BCUT2D eigenvalue weighted by Crippen LogP contribution is 2.26. The zero-order valence-corrected chi connectivity index (χ0v) is 15.4. The van der Waals surface area contributed by atoms with E-state index in [1.165, 1.54) is 0 Å². The van der Waals surface area contributed by atoms with Crippen LogP contribution in [0.1, 0.15) is 28.4 Å². The number of aryl methyl sites for hydroxylation is 1. The number of hydrogen-bond donors (Lipinski definition) is 1. The molecule has 3 rings (SSSR count). The maximum atomic E-state index is 12.5. The highest BCUT2D eigenvalue weighted by atomic mass is 32.2. The Morgan fingerprint density at radius 3 is 2.46 bits per heavy atom. The lowest BCUT2D eigenvalue weighted by atomic mass is 9.92. The molecule has 1 heterocycles. The molecule has 0 bridgehead atoms. The average Bonchev–Trinajstić information content (AvgIpc) is 2.87. The van der Waals surface area contributed by atoms with Crippen LogP contribution in [-0.4, -0.2) is 26.7 Å². The summed E-state index contributed by atoms with van der Waals surface area (Å²) >= 11 is 0. The van der Waals surface area contributed by atoms with Crippen LogP contribution < -0.4 is 9.03 Å². The molecule has 6 nitrogen and oxygen atoms in total.